The third-order valence-corrected chi connectivity index (χ3v) is 3.97. The molecule has 0 N–H and O–H groups in total. The van der Waals surface area contributed by atoms with Gasteiger partial charge in [-0.3, -0.25) is 0 Å². The Morgan fingerprint density at radius 3 is 1.33 bits per heavy atom. The van der Waals surface area contributed by atoms with Crippen molar-refractivity contribution in [1.29, 1.82) is 0 Å². The van der Waals surface area contributed by atoms with E-state index in [0.717, 1.165) is 24.0 Å². The Morgan fingerprint density at radius 2 is 1.06 bits per heavy atom. The van der Waals surface area contributed by atoms with Gasteiger partial charge < -0.3 is 0 Å². The molecule has 0 nitrogen and oxygen atoms in total. The van der Waals surface area contributed by atoms with Crippen molar-refractivity contribution < 1.29 is 82.4 Å². The average Bonchev–Trinajstić information content (AvgIpc) is 2.95. The van der Waals surface area contributed by atoms with Crippen molar-refractivity contribution in [2.75, 3.05) is 0 Å². The molecule has 3 aromatic carbocycles. The van der Waals surface area contributed by atoms with Crippen LogP contribution in [0.25, 0.3) is 0 Å². The minimum atomic E-state index is 0. The van der Waals surface area contributed by atoms with Crippen molar-refractivity contribution in [2.24, 2.45) is 0 Å². The van der Waals surface area contributed by atoms with E-state index in [1.54, 1.807) is 0 Å². The van der Waals surface area contributed by atoms with Crippen molar-refractivity contribution in [3.63, 3.8) is 0 Å². The Kier molecular flexibility index (Phi) is 49.9. The molecule has 36 heavy (non-hydrogen) atoms. The van der Waals surface area contributed by atoms with Crippen molar-refractivity contribution in [1.82, 2.24) is 0 Å². The van der Waals surface area contributed by atoms with E-state index in [9.17, 15) is 0 Å². The van der Waals surface area contributed by atoms with Crippen molar-refractivity contribution in [3.8, 4) is 0 Å². The summed E-state index contributed by atoms with van der Waals surface area (Å²) >= 11 is 2.31. The first-order valence-electron chi connectivity index (χ1n) is 12.3. The zero-order valence-corrected chi connectivity index (χ0v) is 30.7. The quantitative estimate of drug-likeness (QED) is 0.182. The SMILES string of the molecule is CC.CC.CC.CC.[CH-]=CC=C([C-]=[V])Cc1[c-]cccc1.[Y].[Y].[c-]1ccccc1Cc1[c-]cccc1. The molecule has 3 rings (SSSR count). The van der Waals surface area contributed by atoms with Crippen LogP contribution in [-0.4, -0.2) is 4.73 Å². The molecule has 0 saturated carbocycles. The first kappa shape index (κ1) is 45.7. The summed E-state index contributed by atoms with van der Waals surface area (Å²) in [5.41, 5.74) is 4.63. The third kappa shape index (κ3) is 26.9. The molecule has 0 aromatic heterocycles. The van der Waals surface area contributed by atoms with Crippen molar-refractivity contribution in [3.05, 3.63) is 132 Å². The maximum absolute atomic E-state index is 5.30. The molecule has 0 aliphatic heterocycles. The van der Waals surface area contributed by atoms with Gasteiger partial charge in [0.05, 0.1) is 0 Å². The smallest absolute Gasteiger partial charge is 0 e. The van der Waals surface area contributed by atoms with Crippen LogP contribution in [0.3, 0.4) is 0 Å². The van der Waals surface area contributed by atoms with Gasteiger partial charge in [0.2, 0.25) is 0 Å². The van der Waals surface area contributed by atoms with Crippen LogP contribution in [0.2, 0.25) is 0 Å². The molecule has 191 valence electrons. The minimum Gasteiger partial charge on any atom is -0.180 e. The summed E-state index contributed by atoms with van der Waals surface area (Å²) in [5, 5.41) is 0. The molecule has 0 fully saturated rings. The number of benzene rings is 3. The average molecular weight is 668 g/mol. The zero-order chi connectivity index (χ0) is 26.5. The molecular weight excluding hydrogens is 625 g/mol. The van der Waals surface area contributed by atoms with Gasteiger partial charge in [-0.2, -0.15) is 71.8 Å². The van der Waals surface area contributed by atoms with Crippen LogP contribution < -0.4 is 0 Å². The van der Waals surface area contributed by atoms with Crippen LogP contribution in [-0.2, 0) is 95.2 Å². The van der Waals surface area contributed by atoms with Gasteiger partial charge in [0, 0.05) is 65.4 Å². The van der Waals surface area contributed by atoms with Crippen molar-refractivity contribution >= 4 is 4.73 Å². The first-order chi connectivity index (χ1) is 16.8. The Balaban J connectivity index is -0.000000133. The summed E-state index contributed by atoms with van der Waals surface area (Å²) < 4.78 is 3.02. The molecule has 0 amide bonds. The molecule has 3 heteroatoms. The molecule has 0 bridgehead atoms. The Hall–Kier alpha value is -0.198. The van der Waals surface area contributed by atoms with Crippen molar-refractivity contribution in [2.45, 2.75) is 68.2 Å². The normalized spacial score (nSPS) is 8.14. The van der Waals surface area contributed by atoms with Crippen LogP contribution >= 0.6 is 0 Å². The van der Waals surface area contributed by atoms with E-state index in [-0.39, 0.29) is 65.4 Å². The Bertz CT molecular complexity index is 777. The number of hydrogen-bond donors (Lipinski definition) is 0. The van der Waals surface area contributed by atoms with E-state index in [2.05, 4.69) is 52.0 Å². The summed E-state index contributed by atoms with van der Waals surface area (Å²) in [6.45, 7) is 21.3. The molecule has 0 aliphatic carbocycles. The van der Waals surface area contributed by atoms with Gasteiger partial charge in [0.15, 0.2) is 0 Å². The van der Waals surface area contributed by atoms with Gasteiger partial charge in [0.25, 0.3) is 0 Å². The van der Waals surface area contributed by atoms with E-state index in [0.29, 0.717) is 0 Å². The largest absolute Gasteiger partial charge is 0.180 e. The van der Waals surface area contributed by atoms with E-state index in [4.69, 9.17) is 6.58 Å². The molecule has 0 atom stereocenters. The molecule has 0 heterocycles. The van der Waals surface area contributed by atoms with Gasteiger partial charge in [-0.25, -0.2) is 0 Å². The van der Waals surface area contributed by atoms with E-state index >= 15 is 0 Å². The molecule has 0 spiro atoms. The minimum absolute atomic E-state index is 0. The molecular formula is C33H43VY2-5. The molecule has 0 unspecified atom stereocenters. The predicted octanol–water partition coefficient (Wildman–Crippen LogP) is 9.15. The Morgan fingerprint density at radius 1 is 0.694 bits per heavy atom. The summed E-state index contributed by atoms with van der Waals surface area (Å²) in [4.78, 5) is 0. The maximum atomic E-state index is 5.30. The predicted molar refractivity (Wildman–Crippen MR) is 150 cm³/mol. The number of rotatable bonds is 6. The first-order valence-corrected chi connectivity index (χ1v) is 13.0. The third-order valence-electron chi connectivity index (χ3n) is 3.52. The second-order valence-corrected chi connectivity index (χ2v) is 5.86. The van der Waals surface area contributed by atoms with E-state index < -0.39 is 0 Å². The summed E-state index contributed by atoms with van der Waals surface area (Å²) in [6, 6.07) is 33.5. The summed E-state index contributed by atoms with van der Waals surface area (Å²) in [7, 11) is 0. The van der Waals surface area contributed by atoms with Gasteiger partial charge >= 0.3 is 88.3 Å². The topological polar surface area (TPSA) is 0 Å². The fourth-order valence-corrected chi connectivity index (χ4v) is 2.52. The summed E-state index contributed by atoms with van der Waals surface area (Å²) in [5.74, 6) is 0. The Labute approximate surface area is 284 Å². The standard InChI is InChI=1S/C13H10.C12H9.4C2H6.V.2Y/c1-3-7-12(8-4-1)11-13-9-5-2-6-10-13;1-3-7-11(2)10-12-8-5-4-6-9-12;4*1-2;;;/h1-7,9H,11H2;1,3-8H,10H2;4*1-2H3;;;/q-2;-3;;;;;;;. The van der Waals surface area contributed by atoms with Crippen LogP contribution in [0.5, 0.6) is 0 Å². The molecule has 0 saturated heterocycles. The van der Waals surface area contributed by atoms with Crippen LogP contribution in [0, 0.1) is 24.8 Å². The monoisotopic (exact) mass is 668 g/mol. The van der Waals surface area contributed by atoms with Crippen LogP contribution in [0.1, 0.15) is 72.1 Å². The molecule has 0 aliphatic rings. The van der Waals surface area contributed by atoms with Gasteiger partial charge in [0.1, 0.15) is 0 Å². The fraction of sp³-hybridized carbons (Fsp3) is 0.303. The van der Waals surface area contributed by atoms with Crippen LogP contribution in [0.15, 0.2) is 90.5 Å². The molecule has 3 aromatic rings. The summed E-state index contributed by atoms with van der Waals surface area (Å²) in [6.07, 6.45) is 5.11. The fourth-order valence-electron chi connectivity index (χ4n) is 2.28. The second-order valence-electron chi connectivity index (χ2n) is 5.51. The van der Waals surface area contributed by atoms with Gasteiger partial charge in [-0.05, 0) is 6.42 Å². The number of allylic oxidation sites excluding steroid dienone is 3. The van der Waals surface area contributed by atoms with Gasteiger partial charge in [-0.15, -0.1) is 0 Å². The van der Waals surface area contributed by atoms with Crippen LogP contribution in [0.4, 0.5) is 0 Å². The van der Waals surface area contributed by atoms with E-state index in [1.165, 1.54) is 17.2 Å². The van der Waals surface area contributed by atoms with E-state index in [1.807, 2.05) is 122 Å². The molecule has 2 radical (unpaired) electrons. The second kappa shape index (κ2) is 39.3. The number of hydrogen-bond acceptors (Lipinski definition) is 0. The van der Waals surface area contributed by atoms with Gasteiger partial charge in [-0.1, -0.05) is 55.4 Å². The zero-order valence-electron chi connectivity index (χ0n) is 23.7. The maximum Gasteiger partial charge on any atom is 0 e.